The summed E-state index contributed by atoms with van der Waals surface area (Å²) >= 11 is 0. The van der Waals surface area contributed by atoms with Crippen LogP contribution in [0.5, 0.6) is 0 Å². The summed E-state index contributed by atoms with van der Waals surface area (Å²) < 4.78 is 12.6. The van der Waals surface area contributed by atoms with E-state index in [1.165, 1.54) is 5.56 Å². The average Bonchev–Trinajstić information content (AvgIpc) is 3.30. The number of carbonyl (C=O) groups is 1. The first kappa shape index (κ1) is 22.0. The van der Waals surface area contributed by atoms with Crippen molar-refractivity contribution in [3.63, 3.8) is 0 Å². The molecule has 0 N–H and O–H groups in total. The van der Waals surface area contributed by atoms with Crippen LogP contribution in [0.25, 0.3) is 6.08 Å². The van der Waals surface area contributed by atoms with E-state index in [0.29, 0.717) is 5.76 Å². The lowest BCUT2D eigenvalue weighted by molar-refractivity contribution is 0.0998. The van der Waals surface area contributed by atoms with E-state index in [-0.39, 0.29) is 22.3 Å². The molecule has 3 nitrogen and oxygen atoms in total. The van der Waals surface area contributed by atoms with E-state index in [4.69, 9.17) is 8.84 Å². The molecule has 0 fully saturated rings. The van der Waals surface area contributed by atoms with Crippen LogP contribution in [-0.2, 0) is 16.3 Å². The van der Waals surface area contributed by atoms with Crippen molar-refractivity contribution in [3.05, 3.63) is 76.8 Å². The fourth-order valence-electron chi connectivity index (χ4n) is 5.05. The molecule has 0 spiro atoms. The van der Waals surface area contributed by atoms with Gasteiger partial charge in [-0.15, -0.1) is 6.58 Å². The van der Waals surface area contributed by atoms with Crippen molar-refractivity contribution < 1.29 is 13.6 Å². The van der Waals surface area contributed by atoms with E-state index >= 15 is 0 Å². The second-order valence-electron chi connectivity index (χ2n) is 10.7. The number of ketones is 1. The number of hydrogen-bond acceptors (Lipinski definition) is 3. The summed E-state index contributed by atoms with van der Waals surface area (Å²) in [6, 6.07) is 4.35. The number of hydrogen-bond donors (Lipinski definition) is 0. The molecule has 4 heteroatoms. The van der Waals surface area contributed by atoms with Gasteiger partial charge in [0.2, 0.25) is 5.78 Å². The molecule has 1 aromatic carbocycles. The smallest absolute Gasteiger partial charge is 0.229 e. The Hall–Kier alpha value is -2.17. The summed E-state index contributed by atoms with van der Waals surface area (Å²) in [5, 5.41) is 0.145. The van der Waals surface area contributed by atoms with Gasteiger partial charge >= 0.3 is 0 Å². The number of fused-ring (bicyclic) bond motifs is 4. The summed E-state index contributed by atoms with van der Waals surface area (Å²) in [7, 11) is -1.92. The molecule has 0 saturated carbocycles. The lowest BCUT2D eigenvalue weighted by atomic mass is 9.65. The molecule has 2 aliphatic carbocycles. The fraction of sp³-hybridized carbons (Fsp3) is 0.444. The Balaban J connectivity index is 1.86. The minimum atomic E-state index is -1.92. The molecule has 4 rings (SSSR count). The number of carbonyl (C=O) groups excluding carboxylic acids is 1. The summed E-state index contributed by atoms with van der Waals surface area (Å²) in [6.07, 6.45) is 7.93. The molecule has 1 unspecified atom stereocenters. The predicted octanol–water partition coefficient (Wildman–Crippen LogP) is 7.36. The molecule has 2 aromatic rings. The highest BCUT2D eigenvalue weighted by Crippen LogP contribution is 2.51. The second kappa shape index (κ2) is 7.18. The summed E-state index contributed by atoms with van der Waals surface area (Å²) in [5.74, 6) is 0.443. The van der Waals surface area contributed by atoms with Crippen LogP contribution in [-0.4, -0.2) is 14.1 Å². The molecular formula is C27H34O3Si. The van der Waals surface area contributed by atoms with Gasteiger partial charge in [-0.05, 0) is 54.1 Å². The van der Waals surface area contributed by atoms with Crippen molar-refractivity contribution in [3.8, 4) is 0 Å². The van der Waals surface area contributed by atoms with E-state index in [1.807, 2.05) is 6.08 Å². The first-order chi connectivity index (χ1) is 14.5. The van der Waals surface area contributed by atoms with Gasteiger partial charge in [0, 0.05) is 22.1 Å². The highest BCUT2D eigenvalue weighted by Gasteiger charge is 2.47. The maximum atomic E-state index is 13.7. The van der Waals surface area contributed by atoms with Gasteiger partial charge in [0.1, 0.15) is 0 Å². The predicted molar refractivity (Wildman–Crippen MR) is 129 cm³/mol. The van der Waals surface area contributed by atoms with Crippen molar-refractivity contribution >= 4 is 20.2 Å². The van der Waals surface area contributed by atoms with Crippen LogP contribution in [0.3, 0.4) is 0 Å². The molecule has 31 heavy (non-hydrogen) atoms. The maximum absolute atomic E-state index is 13.7. The first-order valence-electron chi connectivity index (χ1n) is 11.2. The molecule has 164 valence electrons. The monoisotopic (exact) mass is 434 g/mol. The quantitative estimate of drug-likeness (QED) is 0.364. The van der Waals surface area contributed by atoms with E-state index in [1.54, 1.807) is 12.3 Å². The standard InChI is InChI=1S/C27H34O3Si/c1-9-15-27(6)20-13-11-18-19(12-14-21(18)30-31(7,8)26(3,4)5)22(20)24(28)25-23(27)17(10-2)16-29-25/h9-11,13,16,21H,1-2,12,14-15H2,3-8H3/t21?,27-/m1/s1. The van der Waals surface area contributed by atoms with Crippen LogP contribution in [0.2, 0.25) is 18.1 Å². The summed E-state index contributed by atoms with van der Waals surface area (Å²) in [4.78, 5) is 13.7. The van der Waals surface area contributed by atoms with Gasteiger partial charge in [0.25, 0.3) is 0 Å². The number of furan rings is 1. The zero-order valence-corrected chi connectivity index (χ0v) is 20.7. The van der Waals surface area contributed by atoms with Crippen LogP contribution < -0.4 is 0 Å². The largest absolute Gasteiger partial charge is 0.460 e. The van der Waals surface area contributed by atoms with E-state index in [2.05, 4.69) is 66.1 Å². The van der Waals surface area contributed by atoms with Gasteiger partial charge in [0.15, 0.2) is 14.1 Å². The van der Waals surface area contributed by atoms with Gasteiger partial charge in [-0.1, -0.05) is 58.6 Å². The number of allylic oxidation sites excluding steroid dienone is 1. The van der Waals surface area contributed by atoms with Gasteiger partial charge in [-0.2, -0.15) is 0 Å². The minimum absolute atomic E-state index is 0.00976. The third-order valence-electron chi connectivity index (χ3n) is 7.77. The second-order valence-corrected chi connectivity index (χ2v) is 15.5. The molecule has 1 heterocycles. The number of rotatable bonds is 5. The third-order valence-corrected chi connectivity index (χ3v) is 12.3. The van der Waals surface area contributed by atoms with E-state index in [0.717, 1.165) is 47.1 Å². The van der Waals surface area contributed by atoms with Crippen LogP contribution in [0.15, 0.2) is 42.0 Å². The van der Waals surface area contributed by atoms with Crippen molar-refractivity contribution in [2.24, 2.45) is 0 Å². The Bertz CT molecular complexity index is 1080. The van der Waals surface area contributed by atoms with Gasteiger partial charge < -0.3 is 8.84 Å². The van der Waals surface area contributed by atoms with Crippen molar-refractivity contribution in [2.75, 3.05) is 0 Å². The van der Waals surface area contributed by atoms with Gasteiger partial charge in [-0.3, -0.25) is 4.79 Å². The first-order valence-corrected chi connectivity index (χ1v) is 14.1. The molecule has 0 bridgehead atoms. The normalized spacial score (nSPS) is 22.6. The SMILES string of the molecule is C=CC[C@]1(C)c2ccc3c(c2C(=O)c2occ(C=C)c21)CCC3O[Si](C)(C)C(C)(C)C. The lowest BCUT2D eigenvalue weighted by Gasteiger charge is -2.39. The Morgan fingerprint density at radius 1 is 1.29 bits per heavy atom. The molecular weight excluding hydrogens is 400 g/mol. The zero-order chi connectivity index (χ0) is 22.8. The maximum Gasteiger partial charge on any atom is 0.229 e. The van der Waals surface area contributed by atoms with Crippen LogP contribution in [0, 0.1) is 0 Å². The molecule has 0 saturated heterocycles. The van der Waals surface area contributed by atoms with Crippen molar-refractivity contribution in [1.29, 1.82) is 0 Å². The zero-order valence-electron chi connectivity index (χ0n) is 19.7. The van der Waals surface area contributed by atoms with Gasteiger partial charge in [-0.25, -0.2) is 0 Å². The summed E-state index contributed by atoms with van der Waals surface area (Å²) in [5.41, 5.74) is 5.66. The minimum Gasteiger partial charge on any atom is -0.460 e. The Kier molecular flexibility index (Phi) is 5.10. The lowest BCUT2D eigenvalue weighted by Crippen LogP contribution is -2.41. The fourth-order valence-corrected chi connectivity index (χ4v) is 6.36. The van der Waals surface area contributed by atoms with Crippen molar-refractivity contribution in [1.82, 2.24) is 0 Å². The van der Waals surface area contributed by atoms with E-state index in [9.17, 15) is 4.79 Å². The Morgan fingerprint density at radius 2 is 2.00 bits per heavy atom. The molecule has 2 aliphatic rings. The molecule has 0 aliphatic heterocycles. The van der Waals surface area contributed by atoms with Crippen LogP contribution in [0.1, 0.15) is 90.6 Å². The van der Waals surface area contributed by atoms with Crippen LogP contribution in [0.4, 0.5) is 0 Å². The Labute approximate surface area is 187 Å². The summed E-state index contributed by atoms with van der Waals surface area (Å²) in [6.45, 7) is 21.5. The highest BCUT2D eigenvalue weighted by atomic mass is 28.4. The topological polar surface area (TPSA) is 39.4 Å². The molecule has 0 amide bonds. The molecule has 0 radical (unpaired) electrons. The van der Waals surface area contributed by atoms with Crippen molar-refractivity contribution in [2.45, 2.75) is 76.6 Å². The third kappa shape index (κ3) is 3.14. The van der Waals surface area contributed by atoms with E-state index < -0.39 is 8.32 Å². The average molecular weight is 435 g/mol. The molecule has 1 aromatic heterocycles. The molecule has 2 atom stereocenters. The highest BCUT2D eigenvalue weighted by molar-refractivity contribution is 6.74. The number of benzene rings is 1. The van der Waals surface area contributed by atoms with Crippen LogP contribution >= 0.6 is 0 Å². The van der Waals surface area contributed by atoms with Gasteiger partial charge in [0.05, 0.1) is 12.4 Å². The Morgan fingerprint density at radius 3 is 2.61 bits per heavy atom.